The summed E-state index contributed by atoms with van der Waals surface area (Å²) >= 11 is 4.91. The largest absolute Gasteiger partial charge is 0.375 e. The Morgan fingerprint density at radius 3 is 3.31 bits per heavy atom. The van der Waals surface area contributed by atoms with Crippen LogP contribution in [0.4, 0.5) is 0 Å². The summed E-state index contributed by atoms with van der Waals surface area (Å²) in [6, 6.07) is 0. The highest BCUT2D eigenvalue weighted by molar-refractivity contribution is 7.80. The smallest absolute Gasteiger partial charge is 0.181 e. The van der Waals surface area contributed by atoms with Crippen LogP contribution in [0.3, 0.4) is 0 Å². The van der Waals surface area contributed by atoms with E-state index in [-0.39, 0.29) is 0 Å². The Hall–Kier alpha value is -0.870. The molecular weight excluding hydrogens is 182 g/mol. The molecule has 1 atom stereocenters. The number of rotatable bonds is 0. The monoisotopic (exact) mass is 195 g/mol. The Bertz CT molecular complexity index is 283. The van der Waals surface area contributed by atoms with Gasteiger partial charge in [0.2, 0.25) is 0 Å². The summed E-state index contributed by atoms with van der Waals surface area (Å²) in [6.07, 6.45) is 7.60. The lowest BCUT2D eigenvalue weighted by atomic mass is 9.90. The van der Waals surface area contributed by atoms with Gasteiger partial charge < -0.3 is 5.73 Å². The van der Waals surface area contributed by atoms with Gasteiger partial charge in [-0.2, -0.15) is 0 Å². The van der Waals surface area contributed by atoms with Crippen LogP contribution >= 0.6 is 12.2 Å². The molecule has 1 unspecified atom stereocenters. The molecule has 1 aliphatic carbocycles. The molecule has 0 spiro atoms. The van der Waals surface area contributed by atoms with E-state index >= 15 is 0 Å². The normalized spacial score (nSPS) is 26.6. The predicted octanol–water partition coefficient (Wildman–Crippen LogP) is 0.553. The van der Waals surface area contributed by atoms with Gasteiger partial charge in [-0.15, -0.1) is 0 Å². The second-order valence-corrected chi connectivity index (χ2v) is 3.81. The molecule has 0 radical (unpaired) electrons. The standard InChI is InChI=1S/C9H13N3S/c10-9(13)12-6-8-4-2-1-3-7(8)5-11-12/h1-2,4,7,11H,3,5-6H2,(H2,10,13). The van der Waals surface area contributed by atoms with E-state index in [1.165, 1.54) is 5.57 Å². The number of hydrazine groups is 1. The van der Waals surface area contributed by atoms with Gasteiger partial charge in [0.15, 0.2) is 5.11 Å². The first kappa shape index (κ1) is 8.72. The summed E-state index contributed by atoms with van der Waals surface area (Å²) in [5.74, 6) is 0.635. The van der Waals surface area contributed by atoms with E-state index in [1.807, 2.05) is 5.01 Å². The number of hydrogen-bond donors (Lipinski definition) is 2. The van der Waals surface area contributed by atoms with Crippen LogP contribution in [-0.4, -0.2) is 23.2 Å². The topological polar surface area (TPSA) is 41.3 Å². The van der Waals surface area contributed by atoms with Gasteiger partial charge in [-0.05, 0) is 30.1 Å². The molecule has 0 aromatic heterocycles. The third kappa shape index (κ3) is 1.73. The lowest BCUT2D eigenvalue weighted by molar-refractivity contribution is 0.258. The van der Waals surface area contributed by atoms with Crippen molar-refractivity contribution in [1.82, 2.24) is 10.4 Å². The van der Waals surface area contributed by atoms with Crippen molar-refractivity contribution in [2.45, 2.75) is 6.42 Å². The van der Waals surface area contributed by atoms with Crippen LogP contribution in [0.25, 0.3) is 0 Å². The molecule has 0 saturated carbocycles. The quantitative estimate of drug-likeness (QED) is 0.554. The van der Waals surface area contributed by atoms with Crippen molar-refractivity contribution in [3.63, 3.8) is 0 Å². The van der Waals surface area contributed by atoms with E-state index < -0.39 is 0 Å². The fourth-order valence-corrected chi connectivity index (χ4v) is 1.86. The summed E-state index contributed by atoms with van der Waals surface area (Å²) in [5.41, 5.74) is 10.2. The molecule has 13 heavy (non-hydrogen) atoms. The zero-order valence-corrected chi connectivity index (χ0v) is 8.18. The molecule has 70 valence electrons. The van der Waals surface area contributed by atoms with Crippen molar-refractivity contribution in [3.05, 3.63) is 23.8 Å². The summed E-state index contributed by atoms with van der Waals surface area (Å²) in [5, 5.41) is 2.26. The van der Waals surface area contributed by atoms with Crippen molar-refractivity contribution >= 4 is 17.3 Å². The van der Waals surface area contributed by atoms with Crippen LogP contribution in [0, 0.1) is 5.92 Å². The number of nitrogens with two attached hydrogens (primary N) is 1. The van der Waals surface area contributed by atoms with Crippen molar-refractivity contribution in [2.24, 2.45) is 11.7 Å². The third-order valence-corrected chi connectivity index (χ3v) is 2.75. The highest BCUT2D eigenvalue weighted by Crippen LogP contribution is 2.23. The summed E-state index contributed by atoms with van der Waals surface area (Å²) < 4.78 is 0. The number of thiocarbonyl (C=S) groups is 1. The zero-order valence-electron chi connectivity index (χ0n) is 7.36. The Balaban J connectivity index is 2.09. The molecule has 0 bridgehead atoms. The number of allylic oxidation sites excluding steroid dienone is 3. The number of fused-ring (bicyclic) bond motifs is 1. The van der Waals surface area contributed by atoms with Gasteiger partial charge in [0.05, 0.1) is 6.54 Å². The van der Waals surface area contributed by atoms with E-state index in [1.54, 1.807) is 0 Å². The van der Waals surface area contributed by atoms with Gasteiger partial charge in [-0.3, -0.25) is 5.01 Å². The molecule has 1 fully saturated rings. The van der Waals surface area contributed by atoms with Crippen molar-refractivity contribution < 1.29 is 0 Å². The SMILES string of the molecule is NC(=S)N1CC2=CC=CCC2CN1. The second kappa shape index (κ2) is 3.47. The summed E-state index contributed by atoms with van der Waals surface area (Å²) in [7, 11) is 0. The first-order chi connectivity index (χ1) is 6.27. The molecule has 0 amide bonds. The average molecular weight is 195 g/mol. The first-order valence-corrected chi connectivity index (χ1v) is 4.84. The second-order valence-electron chi connectivity index (χ2n) is 3.39. The maximum Gasteiger partial charge on any atom is 0.181 e. The summed E-state index contributed by atoms with van der Waals surface area (Å²) in [4.78, 5) is 0. The zero-order chi connectivity index (χ0) is 9.26. The minimum Gasteiger partial charge on any atom is -0.375 e. The molecular formula is C9H13N3S. The minimum atomic E-state index is 0.425. The van der Waals surface area contributed by atoms with Crippen molar-refractivity contribution in [1.29, 1.82) is 0 Å². The molecule has 0 aromatic rings. The van der Waals surface area contributed by atoms with Gasteiger partial charge in [-0.1, -0.05) is 18.2 Å². The molecule has 3 nitrogen and oxygen atoms in total. The Morgan fingerprint density at radius 2 is 2.54 bits per heavy atom. The fraction of sp³-hybridized carbons (Fsp3) is 0.444. The van der Waals surface area contributed by atoms with E-state index in [0.717, 1.165) is 19.5 Å². The van der Waals surface area contributed by atoms with Crippen LogP contribution < -0.4 is 11.2 Å². The highest BCUT2D eigenvalue weighted by atomic mass is 32.1. The number of nitrogens with zero attached hydrogens (tertiary/aromatic N) is 1. The van der Waals surface area contributed by atoms with Crippen LogP contribution in [0.15, 0.2) is 23.8 Å². The van der Waals surface area contributed by atoms with Gasteiger partial charge in [0.1, 0.15) is 0 Å². The lowest BCUT2D eigenvalue weighted by Crippen LogP contribution is -2.53. The highest BCUT2D eigenvalue weighted by Gasteiger charge is 2.23. The van der Waals surface area contributed by atoms with Gasteiger partial charge >= 0.3 is 0 Å². The first-order valence-electron chi connectivity index (χ1n) is 4.43. The van der Waals surface area contributed by atoms with E-state index in [9.17, 15) is 0 Å². The number of nitrogens with one attached hydrogen (secondary N) is 1. The van der Waals surface area contributed by atoms with E-state index in [0.29, 0.717) is 11.0 Å². The third-order valence-electron chi connectivity index (χ3n) is 2.53. The Morgan fingerprint density at radius 1 is 1.69 bits per heavy atom. The lowest BCUT2D eigenvalue weighted by Gasteiger charge is -2.35. The molecule has 3 N–H and O–H groups in total. The molecule has 0 aromatic carbocycles. The van der Waals surface area contributed by atoms with E-state index in [2.05, 4.69) is 23.7 Å². The molecule has 1 heterocycles. The molecule has 2 rings (SSSR count). The van der Waals surface area contributed by atoms with Crippen LogP contribution in [0.2, 0.25) is 0 Å². The number of hydrogen-bond acceptors (Lipinski definition) is 2. The molecule has 4 heteroatoms. The van der Waals surface area contributed by atoms with Crippen molar-refractivity contribution in [2.75, 3.05) is 13.1 Å². The van der Waals surface area contributed by atoms with Crippen LogP contribution in [0.1, 0.15) is 6.42 Å². The van der Waals surface area contributed by atoms with E-state index in [4.69, 9.17) is 18.0 Å². The molecule has 1 aliphatic heterocycles. The van der Waals surface area contributed by atoms with Crippen LogP contribution in [-0.2, 0) is 0 Å². The van der Waals surface area contributed by atoms with Gasteiger partial charge in [-0.25, -0.2) is 5.43 Å². The van der Waals surface area contributed by atoms with Gasteiger partial charge in [0, 0.05) is 6.54 Å². The maximum atomic E-state index is 5.54. The minimum absolute atomic E-state index is 0.425. The maximum absolute atomic E-state index is 5.54. The fourth-order valence-electron chi connectivity index (χ4n) is 1.73. The summed E-state index contributed by atoms with van der Waals surface area (Å²) in [6.45, 7) is 1.76. The Labute approximate surface area is 83.2 Å². The molecule has 1 saturated heterocycles. The van der Waals surface area contributed by atoms with Gasteiger partial charge in [0.25, 0.3) is 0 Å². The van der Waals surface area contributed by atoms with Crippen molar-refractivity contribution in [3.8, 4) is 0 Å². The van der Waals surface area contributed by atoms with Crippen LogP contribution in [0.5, 0.6) is 0 Å². The Kier molecular flexibility index (Phi) is 2.33. The molecule has 2 aliphatic rings. The predicted molar refractivity (Wildman–Crippen MR) is 56.8 cm³/mol. The average Bonchev–Trinajstić information content (AvgIpc) is 2.17.